The number of hydrogen-bond donors (Lipinski definition) is 1. The van der Waals surface area contributed by atoms with Crippen LogP contribution in [-0.4, -0.2) is 37.5 Å². The van der Waals surface area contributed by atoms with Gasteiger partial charge in [0.2, 0.25) is 0 Å². The van der Waals surface area contributed by atoms with Crippen molar-refractivity contribution in [3.05, 3.63) is 0 Å². The molecule has 0 aromatic heterocycles. The molecule has 0 spiro atoms. The molecule has 1 atom stereocenters. The summed E-state index contributed by atoms with van der Waals surface area (Å²) >= 11 is 0. The van der Waals surface area contributed by atoms with Crippen molar-refractivity contribution in [2.24, 2.45) is 5.41 Å². The number of hydrogen-bond acceptors (Lipinski definition) is 3. The first kappa shape index (κ1) is 11.5. The molecule has 4 heteroatoms. The molecule has 14 heavy (non-hydrogen) atoms. The van der Waals surface area contributed by atoms with Crippen molar-refractivity contribution in [2.75, 3.05) is 20.3 Å². The van der Waals surface area contributed by atoms with Crippen LogP contribution >= 0.6 is 0 Å². The van der Waals surface area contributed by atoms with Crippen LogP contribution in [0.25, 0.3) is 0 Å². The van der Waals surface area contributed by atoms with Gasteiger partial charge in [0.05, 0.1) is 25.7 Å². The second-order valence-electron chi connectivity index (χ2n) is 4.15. The van der Waals surface area contributed by atoms with E-state index in [1.165, 1.54) is 0 Å². The highest BCUT2D eigenvalue weighted by atomic mass is 16.5. The summed E-state index contributed by atoms with van der Waals surface area (Å²) in [6.07, 6.45) is 2.22. The highest BCUT2D eigenvalue weighted by molar-refractivity contribution is 5.68. The van der Waals surface area contributed by atoms with E-state index in [9.17, 15) is 4.79 Å². The highest BCUT2D eigenvalue weighted by Gasteiger charge is 2.44. The van der Waals surface area contributed by atoms with Gasteiger partial charge < -0.3 is 14.6 Å². The van der Waals surface area contributed by atoms with Crippen LogP contribution in [0.1, 0.15) is 26.2 Å². The molecule has 0 heterocycles. The lowest BCUT2D eigenvalue weighted by atomic mass is 10.0. The second-order valence-corrected chi connectivity index (χ2v) is 4.15. The van der Waals surface area contributed by atoms with Gasteiger partial charge in [0.1, 0.15) is 0 Å². The molecule has 0 amide bonds. The molecule has 1 aliphatic rings. The van der Waals surface area contributed by atoms with Crippen LogP contribution in [0.4, 0.5) is 0 Å². The number of carbonyl (C=O) groups is 1. The fourth-order valence-corrected chi connectivity index (χ4v) is 1.47. The Balaban J connectivity index is 2.20. The minimum absolute atomic E-state index is 0.0475. The molecule has 1 rings (SSSR count). The normalized spacial score (nSPS) is 20.4. The van der Waals surface area contributed by atoms with E-state index in [2.05, 4.69) is 0 Å². The Morgan fingerprint density at radius 1 is 1.57 bits per heavy atom. The molecular weight excluding hydrogens is 184 g/mol. The second kappa shape index (κ2) is 4.75. The topological polar surface area (TPSA) is 55.8 Å². The Kier molecular flexibility index (Phi) is 3.89. The average Bonchev–Trinajstić information content (AvgIpc) is 2.82. The molecule has 0 radical (unpaired) electrons. The number of ether oxygens (including phenoxy) is 2. The Hall–Kier alpha value is -0.610. The quantitative estimate of drug-likeness (QED) is 0.676. The minimum Gasteiger partial charge on any atom is -0.481 e. The van der Waals surface area contributed by atoms with Gasteiger partial charge in [-0.2, -0.15) is 0 Å². The van der Waals surface area contributed by atoms with Crippen LogP contribution in [0.3, 0.4) is 0 Å². The molecule has 0 aromatic carbocycles. The zero-order valence-corrected chi connectivity index (χ0v) is 8.78. The van der Waals surface area contributed by atoms with E-state index >= 15 is 0 Å². The molecular formula is C10H18O4. The van der Waals surface area contributed by atoms with E-state index in [1.54, 1.807) is 7.11 Å². The molecule has 0 bridgehead atoms. The molecule has 0 aromatic rings. The fraction of sp³-hybridized carbons (Fsp3) is 0.900. The third-order valence-electron chi connectivity index (χ3n) is 2.56. The van der Waals surface area contributed by atoms with Crippen molar-refractivity contribution in [2.45, 2.75) is 32.3 Å². The zero-order chi connectivity index (χ0) is 10.6. The van der Waals surface area contributed by atoms with E-state index in [0.29, 0.717) is 13.2 Å². The maximum absolute atomic E-state index is 10.5. The first-order valence-corrected chi connectivity index (χ1v) is 4.90. The van der Waals surface area contributed by atoms with Crippen LogP contribution in [0, 0.1) is 5.41 Å². The van der Waals surface area contributed by atoms with E-state index in [-0.39, 0.29) is 17.9 Å². The lowest BCUT2D eigenvalue weighted by molar-refractivity contribution is -0.139. The van der Waals surface area contributed by atoms with E-state index < -0.39 is 5.97 Å². The maximum Gasteiger partial charge on any atom is 0.303 e. The molecule has 1 unspecified atom stereocenters. The highest BCUT2D eigenvalue weighted by Crippen LogP contribution is 2.49. The summed E-state index contributed by atoms with van der Waals surface area (Å²) in [6.45, 7) is 3.04. The Morgan fingerprint density at radius 2 is 2.21 bits per heavy atom. The summed E-state index contributed by atoms with van der Waals surface area (Å²) in [5.41, 5.74) is -0.0756. The van der Waals surface area contributed by atoms with Crippen LogP contribution in [-0.2, 0) is 14.3 Å². The Labute approximate surface area is 84.2 Å². The van der Waals surface area contributed by atoms with E-state index in [4.69, 9.17) is 14.6 Å². The van der Waals surface area contributed by atoms with Crippen molar-refractivity contribution >= 4 is 5.97 Å². The first-order valence-electron chi connectivity index (χ1n) is 4.90. The van der Waals surface area contributed by atoms with Gasteiger partial charge in [0.15, 0.2) is 0 Å². The number of carboxylic acids is 1. The molecule has 0 aliphatic heterocycles. The fourth-order valence-electron chi connectivity index (χ4n) is 1.47. The summed E-state index contributed by atoms with van der Waals surface area (Å²) in [6, 6.07) is 0. The molecule has 1 aliphatic carbocycles. The summed E-state index contributed by atoms with van der Waals surface area (Å²) in [5.74, 6) is -0.731. The summed E-state index contributed by atoms with van der Waals surface area (Å²) in [4.78, 5) is 10.5. The molecule has 1 saturated carbocycles. The largest absolute Gasteiger partial charge is 0.481 e. The van der Waals surface area contributed by atoms with Crippen molar-refractivity contribution in [1.29, 1.82) is 0 Å². The number of rotatable bonds is 7. The number of methoxy groups -OCH3 is 1. The van der Waals surface area contributed by atoms with Gasteiger partial charge in [0, 0.05) is 12.5 Å². The van der Waals surface area contributed by atoms with Crippen molar-refractivity contribution in [3.8, 4) is 0 Å². The monoisotopic (exact) mass is 202 g/mol. The van der Waals surface area contributed by atoms with Gasteiger partial charge in [-0.1, -0.05) is 0 Å². The average molecular weight is 202 g/mol. The van der Waals surface area contributed by atoms with Crippen molar-refractivity contribution in [3.63, 3.8) is 0 Å². The number of aliphatic carboxylic acids is 1. The van der Waals surface area contributed by atoms with Crippen LogP contribution in [0.2, 0.25) is 0 Å². The SMILES string of the molecule is COCC(C)OCC1(CC(=O)O)CC1. The maximum atomic E-state index is 10.5. The van der Waals surface area contributed by atoms with Gasteiger partial charge >= 0.3 is 5.97 Å². The predicted octanol–water partition coefficient (Wildman–Crippen LogP) is 1.29. The van der Waals surface area contributed by atoms with Crippen LogP contribution in [0.15, 0.2) is 0 Å². The first-order chi connectivity index (χ1) is 6.58. The van der Waals surface area contributed by atoms with Crippen molar-refractivity contribution < 1.29 is 19.4 Å². The third kappa shape index (κ3) is 3.64. The summed E-state index contributed by atoms with van der Waals surface area (Å²) in [5, 5.41) is 8.68. The van der Waals surface area contributed by atoms with Crippen LogP contribution < -0.4 is 0 Å². The van der Waals surface area contributed by atoms with Gasteiger partial charge in [-0.3, -0.25) is 4.79 Å². The third-order valence-corrected chi connectivity index (χ3v) is 2.56. The summed E-state index contributed by atoms with van der Waals surface area (Å²) < 4.78 is 10.5. The molecule has 82 valence electrons. The standard InChI is InChI=1S/C10H18O4/c1-8(6-13-2)14-7-10(3-4-10)5-9(11)12/h8H,3-7H2,1-2H3,(H,11,12). The summed E-state index contributed by atoms with van der Waals surface area (Å²) in [7, 11) is 1.63. The smallest absolute Gasteiger partial charge is 0.303 e. The lowest BCUT2D eigenvalue weighted by Crippen LogP contribution is -2.22. The molecule has 0 saturated heterocycles. The van der Waals surface area contributed by atoms with Crippen molar-refractivity contribution in [1.82, 2.24) is 0 Å². The van der Waals surface area contributed by atoms with Gasteiger partial charge in [-0.15, -0.1) is 0 Å². The van der Waals surface area contributed by atoms with E-state index in [0.717, 1.165) is 12.8 Å². The Bertz CT molecular complexity index is 198. The molecule has 1 fully saturated rings. The lowest BCUT2D eigenvalue weighted by Gasteiger charge is -2.17. The minimum atomic E-state index is -0.731. The predicted molar refractivity (Wildman–Crippen MR) is 51.2 cm³/mol. The zero-order valence-electron chi connectivity index (χ0n) is 8.78. The Morgan fingerprint density at radius 3 is 2.64 bits per heavy atom. The molecule has 4 nitrogen and oxygen atoms in total. The van der Waals surface area contributed by atoms with Gasteiger partial charge in [-0.25, -0.2) is 0 Å². The molecule has 1 N–H and O–H groups in total. The van der Waals surface area contributed by atoms with Crippen LogP contribution in [0.5, 0.6) is 0 Å². The van der Waals surface area contributed by atoms with Gasteiger partial charge in [0.25, 0.3) is 0 Å². The van der Waals surface area contributed by atoms with Gasteiger partial charge in [-0.05, 0) is 19.8 Å². The number of carboxylic acid groups (broad SMARTS) is 1. The van der Waals surface area contributed by atoms with E-state index in [1.807, 2.05) is 6.92 Å².